The molecule has 0 fully saturated rings. The highest BCUT2D eigenvalue weighted by Gasteiger charge is 2.20. The van der Waals surface area contributed by atoms with Gasteiger partial charge in [0.15, 0.2) is 0 Å². The standard InChI is InChI=1S/C30H38N4O3/c1-21-19-22(2)34(33-21)26-14-10-12-24(20-26)29(35)32-28(30(36)37)16-7-5-3-4-6-13-25-18-17-23-11-8-9-15-27(23)31-25/h10,12,14,17-20,28H,3-9,11,13,15-16H2,1-2H3,(H,32,35)(H,36,37)/t28-/m0/s1. The van der Waals surface area contributed by atoms with Gasteiger partial charge in [-0.05, 0) is 94.7 Å². The van der Waals surface area contributed by atoms with E-state index in [0.717, 1.165) is 68.4 Å². The van der Waals surface area contributed by atoms with Crippen LogP contribution in [0.25, 0.3) is 5.69 Å². The van der Waals surface area contributed by atoms with Crippen molar-refractivity contribution in [1.29, 1.82) is 0 Å². The van der Waals surface area contributed by atoms with Gasteiger partial charge in [0.1, 0.15) is 6.04 Å². The zero-order valence-electron chi connectivity index (χ0n) is 22.0. The van der Waals surface area contributed by atoms with Crippen LogP contribution in [0.2, 0.25) is 0 Å². The number of nitrogens with one attached hydrogen (secondary N) is 1. The Kier molecular flexibility index (Phi) is 9.09. The minimum absolute atomic E-state index is 0.381. The lowest BCUT2D eigenvalue weighted by molar-refractivity contribution is -0.139. The van der Waals surface area contributed by atoms with E-state index in [9.17, 15) is 14.7 Å². The first-order valence-electron chi connectivity index (χ1n) is 13.6. The van der Waals surface area contributed by atoms with Gasteiger partial charge in [-0.3, -0.25) is 9.78 Å². The van der Waals surface area contributed by atoms with E-state index in [-0.39, 0.29) is 5.91 Å². The van der Waals surface area contributed by atoms with Gasteiger partial charge in [-0.2, -0.15) is 5.10 Å². The second-order valence-electron chi connectivity index (χ2n) is 10.2. The molecule has 0 bridgehead atoms. The number of benzene rings is 1. The lowest BCUT2D eigenvalue weighted by Crippen LogP contribution is -2.40. The highest BCUT2D eigenvalue weighted by atomic mass is 16.4. The van der Waals surface area contributed by atoms with Crippen LogP contribution in [0.15, 0.2) is 42.5 Å². The molecule has 7 heteroatoms. The van der Waals surface area contributed by atoms with Gasteiger partial charge in [-0.25, -0.2) is 9.48 Å². The smallest absolute Gasteiger partial charge is 0.326 e. The summed E-state index contributed by atoms with van der Waals surface area (Å²) in [5.74, 6) is -1.38. The number of carboxylic acid groups (broad SMARTS) is 1. The lowest BCUT2D eigenvalue weighted by Gasteiger charge is -2.15. The molecule has 1 aromatic carbocycles. The fourth-order valence-electron chi connectivity index (χ4n) is 5.12. The van der Waals surface area contributed by atoms with E-state index in [2.05, 4.69) is 22.5 Å². The molecule has 1 atom stereocenters. The zero-order chi connectivity index (χ0) is 26.2. The van der Waals surface area contributed by atoms with Crippen LogP contribution in [-0.2, 0) is 24.1 Å². The van der Waals surface area contributed by atoms with Gasteiger partial charge < -0.3 is 10.4 Å². The Morgan fingerprint density at radius 2 is 1.78 bits per heavy atom. The third-order valence-corrected chi connectivity index (χ3v) is 7.13. The highest BCUT2D eigenvalue weighted by Crippen LogP contribution is 2.20. The number of aryl methyl sites for hydroxylation is 5. The topological polar surface area (TPSA) is 97.1 Å². The molecule has 0 aliphatic heterocycles. The maximum atomic E-state index is 12.8. The number of carbonyl (C=O) groups excluding carboxylic acids is 1. The van der Waals surface area contributed by atoms with Crippen LogP contribution in [0, 0.1) is 13.8 Å². The van der Waals surface area contributed by atoms with E-state index in [0.29, 0.717) is 12.0 Å². The number of unbranched alkanes of at least 4 members (excludes halogenated alkanes) is 4. The number of rotatable bonds is 12. The largest absolute Gasteiger partial charge is 0.480 e. The van der Waals surface area contributed by atoms with E-state index in [4.69, 9.17) is 4.98 Å². The quantitative estimate of drug-likeness (QED) is 0.318. The Labute approximate surface area is 219 Å². The Morgan fingerprint density at radius 1 is 1.00 bits per heavy atom. The van der Waals surface area contributed by atoms with Gasteiger partial charge in [0.25, 0.3) is 5.91 Å². The maximum absolute atomic E-state index is 12.8. The summed E-state index contributed by atoms with van der Waals surface area (Å²) in [6.07, 6.45) is 11.2. The normalized spacial score (nSPS) is 13.7. The molecule has 196 valence electrons. The van der Waals surface area contributed by atoms with Crippen molar-refractivity contribution in [1.82, 2.24) is 20.1 Å². The van der Waals surface area contributed by atoms with E-state index in [1.165, 1.54) is 29.8 Å². The molecule has 0 unspecified atom stereocenters. The van der Waals surface area contributed by atoms with Gasteiger partial charge in [-0.15, -0.1) is 0 Å². The molecule has 0 spiro atoms. The molecule has 0 saturated heterocycles. The molecule has 3 aromatic rings. The third-order valence-electron chi connectivity index (χ3n) is 7.13. The minimum atomic E-state index is -0.999. The number of hydrogen-bond acceptors (Lipinski definition) is 4. The summed E-state index contributed by atoms with van der Waals surface area (Å²) in [4.78, 5) is 29.5. The summed E-state index contributed by atoms with van der Waals surface area (Å²) in [6.45, 7) is 3.88. The van der Waals surface area contributed by atoms with Gasteiger partial charge in [0.05, 0.1) is 11.4 Å². The Morgan fingerprint density at radius 3 is 2.57 bits per heavy atom. The van der Waals surface area contributed by atoms with Crippen molar-refractivity contribution in [2.75, 3.05) is 0 Å². The van der Waals surface area contributed by atoms with Crippen molar-refractivity contribution in [3.63, 3.8) is 0 Å². The molecular weight excluding hydrogens is 464 g/mol. The number of carbonyl (C=O) groups is 2. The molecule has 7 nitrogen and oxygen atoms in total. The van der Waals surface area contributed by atoms with Crippen LogP contribution < -0.4 is 5.32 Å². The number of aromatic nitrogens is 3. The fraction of sp³-hybridized carbons (Fsp3) is 0.467. The van der Waals surface area contributed by atoms with Crippen molar-refractivity contribution in [2.45, 2.75) is 90.5 Å². The van der Waals surface area contributed by atoms with Gasteiger partial charge in [0, 0.05) is 22.6 Å². The minimum Gasteiger partial charge on any atom is -0.480 e. The first-order valence-corrected chi connectivity index (χ1v) is 13.6. The number of aliphatic carboxylic acids is 1. The van der Waals surface area contributed by atoms with Crippen LogP contribution in [0.4, 0.5) is 0 Å². The second kappa shape index (κ2) is 12.7. The third kappa shape index (κ3) is 7.28. The predicted octanol–water partition coefficient (Wildman–Crippen LogP) is 5.53. The van der Waals surface area contributed by atoms with Crippen LogP contribution in [-0.4, -0.2) is 37.8 Å². The average Bonchev–Trinajstić information content (AvgIpc) is 3.24. The molecule has 4 rings (SSSR count). The molecule has 2 aromatic heterocycles. The summed E-state index contributed by atoms with van der Waals surface area (Å²) in [5.41, 5.74) is 6.97. The van der Waals surface area contributed by atoms with Gasteiger partial charge in [0.2, 0.25) is 0 Å². The zero-order valence-corrected chi connectivity index (χ0v) is 22.0. The molecule has 2 heterocycles. The lowest BCUT2D eigenvalue weighted by atomic mass is 9.95. The molecule has 1 aliphatic carbocycles. The number of carboxylic acids is 1. The predicted molar refractivity (Wildman–Crippen MR) is 144 cm³/mol. The maximum Gasteiger partial charge on any atom is 0.326 e. The first kappa shape index (κ1) is 26.6. The van der Waals surface area contributed by atoms with Gasteiger partial charge in [-0.1, -0.05) is 37.8 Å². The van der Waals surface area contributed by atoms with E-state index in [1.54, 1.807) is 22.9 Å². The Bertz CT molecular complexity index is 1230. The van der Waals surface area contributed by atoms with Crippen LogP contribution in [0.1, 0.15) is 90.1 Å². The van der Waals surface area contributed by atoms with Crippen molar-refractivity contribution < 1.29 is 14.7 Å². The molecule has 1 aliphatic rings. The van der Waals surface area contributed by atoms with Crippen molar-refractivity contribution in [3.05, 3.63) is 76.4 Å². The first-order chi connectivity index (χ1) is 17.9. The number of pyridine rings is 1. The van der Waals surface area contributed by atoms with E-state index < -0.39 is 12.0 Å². The second-order valence-corrected chi connectivity index (χ2v) is 10.2. The van der Waals surface area contributed by atoms with Crippen LogP contribution >= 0.6 is 0 Å². The van der Waals surface area contributed by atoms with Crippen LogP contribution in [0.3, 0.4) is 0 Å². The van der Waals surface area contributed by atoms with Crippen molar-refractivity contribution >= 4 is 11.9 Å². The summed E-state index contributed by atoms with van der Waals surface area (Å²) < 4.78 is 1.78. The van der Waals surface area contributed by atoms with E-state index >= 15 is 0 Å². The fourth-order valence-corrected chi connectivity index (χ4v) is 5.12. The number of hydrogen-bond donors (Lipinski definition) is 2. The Hall–Kier alpha value is -3.48. The average molecular weight is 503 g/mol. The highest BCUT2D eigenvalue weighted by molar-refractivity contribution is 5.97. The molecule has 0 radical (unpaired) electrons. The summed E-state index contributed by atoms with van der Waals surface area (Å²) in [7, 11) is 0. The molecule has 2 N–H and O–H groups in total. The molecule has 37 heavy (non-hydrogen) atoms. The molecular formula is C30H38N4O3. The SMILES string of the molecule is Cc1cc(C)n(-c2cccc(C(=O)N[C@@H](CCCCCCCc3ccc4c(n3)CCCC4)C(=O)O)c2)n1. The summed E-state index contributed by atoms with van der Waals surface area (Å²) in [5, 5.41) is 16.8. The van der Waals surface area contributed by atoms with Crippen molar-refractivity contribution in [2.24, 2.45) is 0 Å². The summed E-state index contributed by atoms with van der Waals surface area (Å²) in [6, 6.07) is 12.6. The number of amides is 1. The number of nitrogens with zero attached hydrogens (tertiary/aromatic N) is 3. The van der Waals surface area contributed by atoms with Crippen molar-refractivity contribution in [3.8, 4) is 5.69 Å². The van der Waals surface area contributed by atoms with E-state index in [1.807, 2.05) is 26.0 Å². The molecule has 0 saturated carbocycles. The summed E-state index contributed by atoms with van der Waals surface area (Å²) >= 11 is 0. The molecule has 1 amide bonds. The number of fused-ring (bicyclic) bond motifs is 1. The monoisotopic (exact) mass is 502 g/mol. The van der Waals surface area contributed by atoms with Gasteiger partial charge >= 0.3 is 5.97 Å². The Balaban J connectivity index is 1.19. The van der Waals surface area contributed by atoms with Crippen LogP contribution in [0.5, 0.6) is 0 Å².